The van der Waals surface area contributed by atoms with Crippen molar-refractivity contribution in [3.05, 3.63) is 30.3 Å². The van der Waals surface area contributed by atoms with E-state index in [1.54, 1.807) is 23.1 Å². The molecule has 30 heavy (non-hydrogen) atoms. The molecule has 10 heteroatoms. The van der Waals surface area contributed by atoms with Crippen LogP contribution in [-0.2, 0) is 19.6 Å². The van der Waals surface area contributed by atoms with Crippen molar-refractivity contribution >= 4 is 22.0 Å². The minimum absolute atomic E-state index is 0.118. The number of nitrogens with one attached hydrogen (secondary N) is 2. The Morgan fingerprint density at radius 2 is 1.70 bits per heavy atom. The summed E-state index contributed by atoms with van der Waals surface area (Å²) in [5.74, 6) is -0.387. The molecule has 1 aromatic carbocycles. The highest BCUT2D eigenvalue weighted by atomic mass is 32.2. The Balaban J connectivity index is 1.70. The third-order valence-electron chi connectivity index (χ3n) is 4.53. The van der Waals surface area contributed by atoms with Gasteiger partial charge in [0.1, 0.15) is 5.60 Å². The van der Waals surface area contributed by atoms with Crippen LogP contribution in [0.1, 0.15) is 27.7 Å². The fourth-order valence-corrected chi connectivity index (χ4v) is 4.15. The highest BCUT2D eigenvalue weighted by Crippen LogP contribution is 2.12. The quantitative estimate of drug-likeness (QED) is 0.656. The second-order valence-electron chi connectivity index (χ2n) is 8.26. The number of benzene rings is 1. The third-order valence-corrected chi connectivity index (χ3v) is 6.09. The summed E-state index contributed by atoms with van der Waals surface area (Å²) in [5, 5.41) is 2.76. The molecule has 2 rings (SSSR count). The van der Waals surface area contributed by atoms with Crippen LogP contribution >= 0.6 is 0 Å². The van der Waals surface area contributed by atoms with Gasteiger partial charge in [0.15, 0.2) is 0 Å². The molecule has 1 heterocycles. The van der Waals surface area contributed by atoms with Gasteiger partial charge in [0.05, 0.1) is 10.9 Å². The average Bonchev–Trinajstić information content (AvgIpc) is 2.67. The van der Waals surface area contributed by atoms with Gasteiger partial charge in [-0.2, -0.15) is 4.72 Å². The van der Waals surface area contributed by atoms with Crippen LogP contribution in [0.3, 0.4) is 0 Å². The van der Waals surface area contributed by atoms with Crippen molar-refractivity contribution in [2.24, 2.45) is 0 Å². The van der Waals surface area contributed by atoms with Crippen LogP contribution < -0.4 is 10.0 Å². The molecular formula is C20H32N4O5S. The first-order chi connectivity index (χ1) is 14.0. The number of carbonyl (C=O) groups is 2. The predicted octanol–water partition coefficient (Wildman–Crippen LogP) is 1.02. The number of hydrogen-bond acceptors (Lipinski definition) is 6. The van der Waals surface area contributed by atoms with Crippen LogP contribution in [-0.4, -0.2) is 81.1 Å². The molecule has 0 aromatic heterocycles. The average molecular weight is 441 g/mol. The molecule has 2 N–H and O–H groups in total. The summed E-state index contributed by atoms with van der Waals surface area (Å²) in [5.41, 5.74) is -0.517. The topological polar surface area (TPSA) is 108 Å². The number of amides is 2. The van der Waals surface area contributed by atoms with Gasteiger partial charge in [-0.15, -0.1) is 0 Å². The summed E-state index contributed by atoms with van der Waals surface area (Å²) in [7, 11) is -3.75. The minimum Gasteiger partial charge on any atom is -0.444 e. The van der Waals surface area contributed by atoms with Crippen molar-refractivity contribution in [1.29, 1.82) is 0 Å². The van der Waals surface area contributed by atoms with Gasteiger partial charge in [0.2, 0.25) is 15.9 Å². The molecule has 1 aliphatic heterocycles. The zero-order valence-electron chi connectivity index (χ0n) is 18.1. The largest absolute Gasteiger partial charge is 0.444 e. The van der Waals surface area contributed by atoms with E-state index < -0.39 is 21.7 Å². The highest BCUT2D eigenvalue weighted by molar-refractivity contribution is 7.89. The normalized spacial score (nSPS) is 16.7. The zero-order valence-corrected chi connectivity index (χ0v) is 18.9. The lowest BCUT2D eigenvalue weighted by molar-refractivity contribution is -0.122. The Morgan fingerprint density at radius 3 is 2.27 bits per heavy atom. The molecule has 1 aromatic rings. The number of carbonyl (C=O) groups excluding carboxylic acids is 2. The van der Waals surface area contributed by atoms with Gasteiger partial charge in [0, 0.05) is 39.3 Å². The number of ether oxygens (including phenoxy) is 1. The monoisotopic (exact) mass is 440 g/mol. The summed E-state index contributed by atoms with van der Waals surface area (Å²) >= 11 is 0. The smallest absolute Gasteiger partial charge is 0.410 e. The maximum atomic E-state index is 12.3. The van der Waals surface area contributed by atoms with E-state index in [-0.39, 0.29) is 16.9 Å². The fourth-order valence-electron chi connectivity index (χ4n) is 2.92. The number of sulfonamides is 1. The van der Waals surface area contributed by atoms with Crippen molar-refractivity contribution in [1.82, 2.24) is 19.8 Å². The van der Waals surface area contributed by atoms with Gasteiger partial charge in [0.25, 0.3) is 0 Å². The molecule has 9 nitrogen and oxygen atoms in total. The van der Waals surface area contributed by atoms with Crippen LogP contribution in [0.5, 0.6) is 0 Å². The minimum atomic E-state index is -3.75. The van der Waals surface area contributed by atoms with E-state index in [4.69, 9.17) is 4.74 Å². The van der Waals surface area contributed by atoms with E-state index in [1.165, 1.54) is 19.1 Å². The van der Waals surface area contributed by atoms with Gasteiger partial charge >= 0.3 is 6.09 Å². The first-order valence-electron chi connectivity index (χ1n) is 10.0. The van der Waals surface area contributed by atoms with E-state index in [0.717, 1.165) is 0 Å². The van der Waals surface area contributed by atoms with Crippen LogP contribution in [0, 0.1) is 0 Å². The number of nitrogens with zero attached hydrogens (tertiary/aromatic N) is 2. The zero-order chi connectivity index (χ0) is 22.4. The van der Waals surface area contributed by atoms with Gasteiger partial charge in [-0.05, 0) is 39.8 Å². The Bertz CT molecular complexity index is 815. The highest BCUT2D eigenvalue weighted by Gasteiger charge is 2.26. The van der Waals surface area contributed by atoms with Crippen molar-refractivity contribution < 1.29 is 22.7 Å². The standard InChI is InChI=1S/C20H32N4O5S/c1-16(22-30(27,28)17-8-6-5-7-9-17)18(25)21-10-11-23-12-14-24(15-13-23)19(26)29-20(2,3)4/h5-9,16,22H,10-15H2,1-4H3,(H,21,25)/t16-/m0/s1. The van der Waals surface area contributed by atoms with E-state index in [9.17, 15) is 18.0 Å². The van der Waals surface area contributed by atoms with Crippen molar-refractivity contribution in [3.8, 4) is 0 Å². The lowest BCUT2D eigenvalue weighted by atomic mass is 10.2. The van der Waals surface area contributed by atoms with E-state index in [1.807, 2.05) is 20.8 Å². The Hall–Kier alpha value is -2.17. The lowest BCUT2D eigenvalue weighted by Gasteiger charge is -2.35. The van der Waals surface area contributed by atoms with Gasteiger partial charge < -0.3 is 15.0 Å². The maximum absolute atomic E-state index is 12.3. The molecule has 0 saturated carbocycles. The molecule has 2 amide bonds. The molecule has 0 aliphatic carbocycles. The SMILES string of the molecule is C[C@H](NS(=O)(=O)c1ccccc1)C(=O)NCCN1CCN(C(=O)OC(C)(C)C)CC1. The second-order valence-corrected chi connectivity index (χ2v) is 9.97. The molecule has 0 spiro atoms. The van der Waals surface area contributed by atoms with E-state index in [0.29, 0.717) is 39.3 Å². The summed E-state index contributed by atoms with van der Waals surface area (Å²) in [4.78, 5) is 28.3. The molecule has 0 bridgehead atoms. The first kappa shape index (κ1) is 24.1. The molecule has 168 valence electrons. The number of hydrogen-bond donors (Lipinski definition) is 2. The Morgan fingerprint density at radius 1 is 1.10 bits per heavy atom. The second kappa shape index (κ2) is 10.2. The first-order valence-corrected chi connectivity index (χ1v) is 11.5. The summed E-state index contributed by atoms with van der Waals surface area (Å²) in [6.45, 7) is 10.5. The van der Waals surface area contributed by atoms with Crippen LogP contribution in [0.2, 0.25) is 0 Å². The molecule has 1 fully saturated rings. The Labute approximate surface area is 178 Å². The molecule has 1 atom stereocenters. The molecule has 1 aliphatic rings. The van der Waals surface area contributed by atoms with Crippen LogP contribution in [0.25, 0.3) is 0 Å². The van der Waals surface area contributed by atoms with E-state index in [2.05, 4.69) is 14.9 Å². The van der Waals surface area contributed by atoms with Gasteiger partial charge in [-0.3, -0.25) is 9.69 Å². The van der Waals surface area contributed by atoms with Gasteiger partial charge in [-0.1, -0.05) is 18.2 Å². The van der Waals surface area contributed by atoms with Gasteiger partial charge in [-0.25, -0.2) is 13.2 Å². The number of piperazine rings is 1. The Kier molecular flexibility index (Phi) is 8.22. The molecular weight excluding hydrogens is 408 g/mol. The third kappa shape index (κ3) is 7.58. The van der Waals surface area contributed by atoms with Crippen molar-refractivity contribution in [2.45, 2.75) is 44.2 Å². The summed E-state index contributed by atoms with van der Waals surface area (Å²) in [6.07, 6.45) is -0.310. The fraction of sp³-hybridized carbons (Fsp3) is 0.600. The molecule has 1 saturated heterocycles. The van der Waals surface area contributed by atoms with Crippen LogP contribution in [0.4, 0.5) is 4.79 Å². The molecule has 0 radical (unpaired) electrons. The summed E-state index contributed by atoms with van der Waals surface area (Å²) in [6, 6.07) is 7.04. The predicted molar refractivity (Wildman–Crippen MR) is 113 cm³/mol. The molecule has 0 unspecified atom stereocenters. The van der Waals surface area contributed by atoms with Crippen molar-refractivity contribution in [3.63, 3.8) is 0 Å². The maximum Gasteiger partial charge on any atom is 0.410 e. The van der Waals surface area contributed by atoms with E-state index >= 15 is 0 Å². The lowest BCUT2D eigenvalue weighted by Crippen LogP contribution is -2.52. The number of rotatable bonds is 7. The van der Waals surface area contributed by atoms with Crippen LogP contribution in [0.15, 0.2) is 35.2 Å². The summed E-state index contributed by atoms with van der Waals surface area (Å²) < 4.78 is 32.4. The van der Waals surface area contributed by atoms with Crippen molar-refractivity contribution in [2.75, 3.05) is 39.3 Å².